The zero-order valence-electron chi connectivity index (χ0n) is 11.5. The zero-order valence-corrected chi connectivity index (χ0v) is 12.3. The van der Waals surface area contributed by atoms with Gasteiger partial charge in [0.25, 0.3) is 0 Å². The average molecular weight is 291 g/mol. The summed E-state index contributed by atoms with van der Waals surface area (Å²) in [5.74, 6) is 0.948. The molecular weight excluding hydrogens is 278 g/mol. The fraction of sp³-hybridized carbons (Fsp3) is 0.0588. The number of rotatable bonds is 2. The van der Waals surface area contributed by atoms with Gasteiger partial charge in [-0.1, -0.05) is 23.9 Å². The number of aromatic amines is 1. The quantitative estimate of drug-likeness (QED) is 0.588. The van der Waals surface area contributed by atoms with Gasteiger partial charge in [0.1, 0.15) is 5.82 Å². The van der Waals surface area contributed by atoms with Crippen LogP contribution in [0.4, 0.5) is 0 Å². The number of pyridine rings is 1. The summed E-state index contributed by atoms with van der Waals surface area (Å²) < 4.78 is 0. The molecule has 1 N–H and O–H groups in total. The molecule has 4 heteroatoms. The summed E-state index contributed by atoms with van der Waals surface area (Å²) in [6.45, 7) is 1.98. The van der Waals surface area contributed by atoms with Gasteiger partial charge >= 0.3 is 0 Å². The highest BCUT2D eigenvalue weighted by molar-refractivity contribution is 7.99. The minimum atomic E-state index is 0.948. The van der Waals surface area contributed by atoms with Crippen LogP contribution in [-0.4, -0.2) is 15.0 Å². The van der Waals surface area contributed by atoms with Crippen LogP contribution >= 0.6 is 11.8 Å². The van der Waals surface area contributed by atoms with Crippen molar-refractivity contribution < 1.29 is 0 Å². The number of nitrogens with one attached hydrogen (secondary N) is 1. The van der Waals surface area contributed by atoms with Crippen LogP contribution in [0.2, 0.25) is 0 Å². The van der Waals surface area contributed by atoms with Gasteiger partial charge < -0.3 is 4.98 Å². The van der Waals surface area contributed by atoms with Gasteiger partial charge in [-0.3, -0.25) is 4.98 Å². The molecule has 0 unspecified atom stereocenters. The molecule has 0 amide bonds. The predicted molar refractivity (Wildman–Crippen MR) is 86.7 cm³/mol. The Balaban J connectivity index is 1.78. The van der Waals surface area contributed by atoms with E-state index in [2.05, 4.69) is 57.4 Å². The Kier molecular flexibility index (Phi) is 2.89. The van der Waals surface area contributed by atoms with E-state index in [4.69, 9.17) is 0 Å². The van der Waals surface area contributed by atoms with Gasteiger partial charge in [0, 0.05) is 27.6 Å². The summed E-state index contributed by atoms with van der Waals surface area (Å²) in [4.78, 5) is 14.4. The Labute approximate surface area is 126 Å². The van der Waals surface area contributed by atoms with Gasteiger partial charge in [-0.2, -0.15) is 0 Å². The Morgan fingerprint density at radius 3 is 3.00 bits per heavy atom. The minimum absolute atomic E-state index is 0.948. The van der Waals surface area contributed by atoms with Gasteiger partial charge in [0.15, 0.2) is 0 Å². The lowest BCUT2D eigenvalue weighted by Gasteiger charge is -2.06. The van der Waals surface area contributed by atoms with Crippen LogP contribution in [0, 0.1) is 6.92 Å². The van der Waals surface area contributed by atoms with Crippen LogP contribution in [0.1, 0.15) is 5.82 Å². The van der Waals surface area contributed by atoms with Gasteiger partial charge in [0.2, 0.25) is 0 Å². The maximum Gasteiger partial charge on any atom is 0.104 e. The molecule has 0 aliphatic carbocycles. The van der Waals surface area contributed by atoms with E-state index < -0.39 is 0 Å². The molecule has 4 rings (SSSR count). The van der Waals surface area contributed by atoms with Crippen molar-refractivity contribution in [3.8, 4) is 0 Å². The van der Waals surface area contributed by atoms with Crippen LogP contribution in [0.3, 0.4) is 0 Å². The summed E-state index contributed by atoms with van der Waals surface area (Å²) in [5.41, 5.74) is 2.10. The van der Waals surface area contributed by atoms with Crippen molar-refractivity contribution >= 4 is 33.6 Å². The number of H-pyrrole nitrogens is 1. The molecule has 2 heterocycles. The molecular formula is C17H13N3S. The second-order valence-corrected chi connectivity index (χ2v) is 6.07. The molecule has 0 aliphatic heterocycles. The summed E-state index contributed by atoms with van der Waals surface area (Å²) in [6.07, 6.45) is 3.74. The summed E-state index contributed by atoms with van der Waals surface area (Å²) in [6, 6.07) is 14.7. The van der Waals surface area contributed by atoms with Gasteiger partial charge in [-0.05, 0) is 42.6 Å². The lowest BCUT2D eigenvalue weighted by atomic mass is 10.2. The molecule has 0 spiro atoms. The van der Waals surface area contributed by atoms with E-state index in [0.29, 0.717) is 0 Å². The van der Waals surface area contributed by atoms with Crippen molar-refractivity contribution in [1.82, 2.24) is 15.0 Å². The number of hydrogen-bond donors (Lipinski definition) is 1. The van der Waals surface area contributed by atoms with Gasteiger partial charge in [-0.25, -0.2) is 4.98 Å². The van der Waals surface area contributed by atoms with Gasteiger partial charge in [0.05, 0.1) is 11.0 Å². The Hall–Kier alpha value is -2.33. The number of hydrogen-bond acceptors (Lipinski definition) is 3. The van der Waals surface area contributed by atoms with Crippen LogP contribution in [-0.2, 0) is 0 Å². The molecule has 4 aromatic rings. The highest BCUT2D eigenvalue weighted by Crippen LogP contribution is 2.34. The molecule has 0 aliphatic rings. The topological polar surface area (TPSA) is 41.6 Å². The van der Waals surface area contributed by atoms with Crippen molar-refractivity contribution in [1.29, 1.82) is 0 Å². The molecule has 0 atom stereocenters. The molecule has 3 nitrogen and oxygen atoms in total. The Morgan fingerprint density at radius 2 is 2.05 bits per heavy atom. The second kappa shape index (κ2) is 4.90. The minimum Gasteiger partial charge on any atom is -0.342 e. The first kappa shape index (κ1) is 12.4. The summed E-state index contributed by atoms with van der Waals surface area (Å²) >= 11 is 1.77. The fourth-order valence-corrected chi connectivity index (χ4v) is 3.50. The lowest BCUT2D eigenvalue weighted by Crippen LogP contribution is -1.80. The maximum atomic E-state index is 4.44. The van der Waals surface area contributed by atoms with Crippen molar-refractivity contribution in [3.05, 3.63) is 60.7 Å². The van der Waals surface area contributed by atoms with Crippen molar-refractivity contribution in [3.63, 3.8) is 0 Å². The molecule has 2 aromatic heterocycles. The first-order chi connectivity index (χ1) is 10.3. The molecule has 0 fully saturated rings. The third kappa shape index (κ3) is 2.28. The number of nitrogens with zero attached hydrogens (tertiary/aromatic N) is 2. The summed E-state index contributed by atoms with van der Waals surface area (Å²) in [7, 11) is 0. The Bertz CT molecular complexity index is 938. The number of imidazole rings is 1. The Morgan fingerprint density at radius 1 is 1.10 bits per heavy atom. The number of aryl methyl sites for hydroxylation is 1. The third-order valence-electron chi connectivity index (χ3n) is 3.44. The van der Waals surface area contributed by atoms with Gasteiger partial charge in [-0.15, -0.1) is 0 Å². The second-order valence-electron chi connectivity index (χ2n) is 4.96. The standard InChI is InChI=1S/C17H13N3S/c1-11-19-15-6-5-13(9-16(15)20-11)21-17-4-2-3-12-10-18-8-7-14(12)17/h2-10H,1H3,(H,19,20). The van der Waals surface area contributed by atoms with E-state index in [1.165, 1.54) is 20.6 Å². The number of benzene rings is 2. The normalized spacial score (nSPS) is 11.3. The van der Waals surface area contributed by atoms with Crippen LogP contribution < -0.4 is 0 Å². The first-order valence-electron chi connectivity index (χ1n) is 6.76. The SMILES string of the molecule is Cc1nc2ccc(Sc3cccc4cnccc34)cc2[nH]1. The molecule has 21 heavy (non-hydrogen) atoms. The highest BCUT2D eigenvalue weighted by atomic mass is 32.2. The van der Waals surface area contributed by atoms with Crippen LogP contribution in [0.15, 0.2) is 64.6 Å². The molecule has 0 bridgehead atoms. The van der Waals surface area contributed by atoms with E-state index in [-0.39, 0.29) is 0 Å². The van der Waals surface area contributed by atoms with E-state index >= 15 is 0 Å². The summed E-state index contributed by atoms with van der Waals surface area (Å²) in [5, 5.41) is 2.40. The van der Waals surface area contributed by atoms with Crippen molar-refractivity contribution in [2.75, 3.05) is 0 Å². The molecule has 2 aromatic carbocycles. The van der Waals surface area contributed by atoms with Crippen LogP contribution in [0.25, 0.3) is 21.8 Å². The highest BCUT2D eigenvalue weighted by Gasteiger charge is 2.05. The zero-order chi connectivity index (χ0) is 14.2. The predicted octanol–water partition coefficient (Wildman–Crippen LogP) is 4.57. The third-order valence-corrected chi connectivity index (χ3v) is 4.51. The number of aromatic nitrogens is 3. The van der Waals surface area contributed by atoms with Crippen molar-refractivity contribution in [2.24, 2.45) is 0 Å². The molecule has 0 radical (unpaired) electrons. The lowest BCUT2D eigenvalue weighted by molar-refractivity contribution is 1.17. The maximum absolute atomic E-state index is 4.44. The van der Waals surface area contributed by atoms with Crippen LogP contribution in [0.5, 0.6) is 0 Å². The van der Waals surface area contributed by atoms with E-state index in [9.17, 15) is 0 Å². The van der Waals surface area contributed by atoms with Crippen molar-refractivity contribution in [2.45, 2.75) is 16.7 Å². The smallest absolute Gasteiger partial charge is 0.104 e. The van der Waals surface area contributed by atoms with E-state index in [1.807, 2.05) is 19.3 Å². The largest absolute Gasteiger partial charge is 0.342 e. The monoisotopic (exact) mass is 291 g/mol. The fourth-order valence-electron chi connectivity index (χ4n) is 2.49. The van der Waals surface area contributed by atoms with E-state index in [0.717, 1.165) is 16.9 Å². The molecule has 0 saturated carbocycles. The van der Waals surface area contributed by atoms with E-state index in [1.54, 1.807) is 11.8 Å². The number of fused-ring (bicyclic) bond motifs is 2. The molecule has 0 saturated heterocycles. The average Bonchev–Trinajstić information content (AvgIpc) is 2.87. The first-order valence-corrected chi connectivity index (χ1v) is 7.58. The molecule has 102 valence electrons.